The molecule has 2 amide bonds. The fourth-order valence-electron chi connectivity index (χ4n) is 4.91. The van der Waals surface area contributed by atoms with Crippen LogP contribution in [0.3, 0.4) is 0 Å². The number of anilines is 1. The smallest absolute Gasteiger partial charge is 0.481 e. The molecule has 0 radical (unpaired) electrons. The molecular weight excluding hydrogens is 859 g/mol. The van der Waals surface area contributed by atoms with E-state index < -0.39 is 84.6 Å². The quantitative estimate of drug-likeness (QED) is 0.0313. The molecule has 2 aromatic rings. The van der Waals surface area contributed by atoms with Crippen LogP contribution in [0.15, 0.2) is 36.6 Å². The summed E-state index contributed by atoms with van der Waals surface area (Å²) in [5, 5.41) is 35.8. The Kier molecular flexibility index (Phi) is 18.1. The molecule has 0 spiro atoms. The Labute approximate surface area is 334 Å². The standard InChI is InChI=1S/C29H46N7O18P3S/c1-4-5-6-7-17(37)12-20(39)58-11-10-31-19(38)8-9-32-27(42)24(41)29(2,3)14-51-57(48,49)54-56(46,47)50-13-18-23(53-55(43,44)45)22(40)28(52-18)36-16-35-21-25(30)33-15-34-26(21)36/h4-5,7,15-16,18,22-24,28,37,40-41H,6,8-14H2,1-3H3,(H,31,38)(H,32,42)(H,46,47)(H,48,49)(H2,30,33,34)(H2,43,44,45)/b5-4+,17-7-. The number of phosphoric ester groups is 3. The number of imidazole rings is 1. The highest BCUT2D eigenvalue weighted by molar-refractivity contribution is 8.13. The number of thioether (sulfide) groups is 1. The number of nitrogens with two attached hydrogens (primary N) is 1. The first kappa shape index (κ1) is 49.2. The summed E-state index contributed by atoms with van der Waals surface area (Å²) in [7, 11) is -16.4. The fourth-order valence-corrected chi connectivity index (χ4v) is 8.42. The van der Waals surface area contributed by atoms with Crippen molar-refractivity contribution in [1.82, 2.24) is 30.2 Å². The van der Waals surface area contributed by atoms with Gasteiger partial charge in [-0.15, -0.1) is 0 Å². The third-order valence-electron chi connectivity index (χ3n) is 7.82. The van der Waals surface area contributed by atoms with Crippen LogP contribution in [0.25, 0.3) is 11.2 Å². The number of nitrogens with zero attached hydrogens (tertiary/aromatic N) is 4. The average molecular weight is 906 g/mol. The lowest BCUT2D eigenvalue weighted by molar-refractivity contribution is -0.137. The van der Waals surface area contributed by atoms with Crippen molar-refractivity contribution in [2.75, 3.05) is 37.8 Å². The maximum atomic E-state index is 12.7. The SMILES string of the molecule is C/C=C/C/C=C(\O)CC(=O)SCCNC(=O)CCNC(=O)C(O)C(C)(C)COP(=O)(O)OP(=O)(O)OCC1OC(n2cnc3c(N)ncnc32)C(O)C1OP(=O)(O)O. The molecule has 0 saturated carbocycles. The van der Waals surface area contributed by atoms with Crippen molar-refractivity contribution in [3.63, 3.8) is 0 Å². The summed E-state index contributed by atoms with van der Waals surface area (Å²) < 4.78 is 62.1. The molecule has 3 rings (SSSR count). The van der Waals surface area contributed by atoms with Crippen LogP contribution in [0, 0.1) is 5.41 Å². The van der Waals surface area contributed by atoms with Gasteiger partial charge >= 0.3 is 23.5 Å². The van der Waals surface area contributed by atoms with E-state index >= 15 is 0 Å². The third kappa shape index (κ3) is 15.5. The van der Waals surface area contributed by atoms with Gasteiger partial charge in [0.2, 0.25) is 11.8 Å². The first-order chi connectivity index (χ1) is 26.9. The van der Waals surface area contributed by atoms with E-state index in [1.165, 1.54) is 19.9 Å². The van der Waals surface area contributed by atoms with Crippen molar-refractivity contribution in [2.24, 2.45) is 5.41 Å². The maximum Gasteiger partial charge on any atom is 0.481 e. The molecule has 7 atom stereocenters. The van der Waals surface area contributed by atoms with E-state index in [-0.39, 0.29) is 59.5 Å². The number of carbonyl (C=O) groups excluding carboxylic acids is 3. The molecule has 1 saturated heterocycles. The minimum Gasteiger partial charge on any atom is -0.512 e. The molecule has 0 bridgehead atoms. The van der Waals surface area contributed by atoms with E-state index in [0.717, 1.165) is 29.0 Å². The minimum absolute atomic E-state index is 0.0245. The first-order valence-corrected chi connectivity index (χ1v) is 22.5. The Morgan fingerprint density at radius 3 is 2.45 bits per heavy atom. The molecule has 7 unspecified atom stereocenters. The second-order valence-electron chi connectivity index (χ2n) is 13.0. The predicted octanol–water partition coefficient (Wildman–Crippen LogP) is 0.463. The number of amides is 2. The summed E-state index contributed by atoms with van der Waals surface area (Å²) in [5.41, 5.74) is 4.23. The number of phosphoric acid groups is 3. The van der Waals surface area contributed by atoms with E-state index in [1.54, 1.807) is 6.08 Å². The number of nitrogen functional groups attached to an aromatic ring is 1. The van der Waals surface area contributed by atoms with E-state index in [0.29, 0.717) is 6.42 Å². The third-order valence-corrected chi connectivity index (χ3v) is 11.8. The van der Waals surface area contributed by atoms with Crippen molar-refractivity contribution in [2.45, 2.75) is 70.7 Å². The van der Waals surface area contributed by atoms with Gasteiger partial charge in [-0.25, -0.2) is 28.6 Å². The Balaban J connectivity index is 1.46. The highest BCUT2D eigenvalue weighted by Gasteiger charge is 2.50. The van der Waals surface area contributed by atoms with Crippen molar-refractivity contribution in [3.8, 4) is 0 Å². The number of fused-ring (bicyclic) bond motifs is 1. The second kappa shape index (κ2) is 21.4. The summed E-state index contributed by atoms with van der Waals surface area (Å²) in [4.78, 5) is 87.6. The summed E-state index contributed by atoms with van der Waals surface area (Å²) in [6.07, 6.45) is -1.56. The zero-order chi connectivity index (χ0) is 43.5. The van der Waals surface area contributed by atoms with E-state index in [9.17, 15) is 63.0 Å². The predicted molar refractivity (Wildman–Crippen MR) is 202 cm³/mol. The fraction of sp³-hybridized carbons (Fsp3) is 0.586. The van der Waals surface area contributed by atoms with Gasteiger partial charge in [0.25, 0.3) is 0 Å². The normalized spacial score (nSPS) is 21.8. The Hall–Kier alpha value is -3.16. The number of hydrogen-bond acceptors (Lipinski definition) is 19. The Morgan fingerprint density at radius 2 is 1.78 bits per heavy atom. The van der Waals surface area contributed by atoms with Crippen LogP contribution in [0.4, 0.5) is 5.82 Å². The first-order valence-electron chi connectivity index (χ1n) is 17.0. The van der Waals surface area contributed by atoms with Gasteiger partial charge in [0.05, 0.1) is 31.7 Å². The van der Waals surface area contributed by atoms with Crippen LogP contribution in [-0.4, -0.2) is 128 Å². The average Bonchev–Trinajstić information content (AvgIpc) is 3.68. The molecule has 1 fully saturated rings. The van der Waals surface area contributed by atoms with Crippen molar-refractivity contribution in [1.29, 1.82) is 0 Å². The molecule has 2 aromatic heterocycles. The molecule has 11 N–H and O–H groups in total. The number of hydrogen-bond donors (Lipinski definition) is 10. The van der Waals surface area contributed by atoms with E-state index in [2.05, 4.69) is 34.4 Å². The van der Waals surface area contributed by atoms with Crippen LogP contribution in [0.2, 0.25) is 0 Å². The molecule has 3 heterocycles. The summed E-state index contributed by atoms with van der Waals surface area (Å²) in [6, 6.07) is 0. The molecule has 25 nitrogen and oxygen atoms in total. The van der Waals surface area contributed by atoms with Gasteiger partial charge in [-0.1, -0.05) is 37.8 Å². The summed E-state index contributed by atoms with van der Waals surface area (Å²) in [6.45, 7) is 2.14. The lowest BCUT2D eigenvalue weighted by atomic mass is 9.87. The topological polar surface area (TPSA) is 384 Å². The van der Waals surface area contributed by atoms with E-state index in [4.69, 9.17) is 19.5 Å². The van der Waals surface area contributed by atoms with Gasteiger partial charge in [0, 0.05) is 30.7 Å². The molecule has 0 aromatic carbocycles. The largest absolute Gasteiger partial charge is 0.512 e. The van der Waals surface area contributed by atoms with Crippen molar-refractivity contribution < 1.29 is 85.6 Å². The van der Waals surface area contributed by atoms with Crippen LogP contribution in [-0.2, 0) is 50.7 Å². The van der Waals surface area contributed by atoms with E-state index in [1.807, 2.05) is 13.0 Å². The number of ether oxygens (including phenoxy) is 1. The van der Waals surface area contributed by atoms with Crippen LogP contribution < -0.4 is 16.4 Å². The van der Waals surface area contributed by atoms with Gasteiger partial charge in [-0.05, 0) is 19.4 Å². The molecule has 1 aliphatic rings. The number of aliphatic hydroxyl groups excluding tert-OH is 3. The van der Waals surface area contributed by atoms with Crippen LogP contribution in [0.1, 0.15) is 46.3 Å². The van der Waals surface area contributed by atoms with Gasteiger partial charge in [0.1, 0.15) is 36.3 Å². The molecular formula is C29H46N7O18P3S. The highest BCUT2D eigenvalue weighted by atomic mass is 32.2. The molecule has 0 aliphatic carbocycles. The minimum atomic E-state index is -5.58. The number of rotatable bonds is 23. The number of carbonyl (C=O) groups is 3. The van der Waals surface area contributed by atoms with Crippen LogP contribution >= 0.6 is 35.2 Å². The lowest BCUT2D eigenvalue weighted by Gasteiger charge is -2.30. The number of aliphatic hydroxyl groups is 3. The number of aromatic nitrogens is 4. The Morgan fingerprint density at radius 1 is 1.09 bits per heavy atom. The maximum absolute atomic E-state index is 12.7. The zero-order valence-corrected chi connectivity index (χ0v) is 34.7. The highest BCUT2D eigenvalue weighted by Crippen LogP contribution is 2.61. The molecule has 1 aliphatic heterocycles. The molecule has 29 heteroatoms. The number of allylic oxidation sites excluding steroid dienone is 4. The van der Waals surface area contributed by atoms with Crippen LogP contribution in [0.5, 0.6) is 0 Å². The van der Waals surface area contributed by atoms with Gasteiger partial charge < -0.3 is 56.0 Å². The molecule has 326 valence electrons. The van der Waals surface area contributed by atoms with Crippen molar-refractivity contribution in [3.05, 3.63) is 36.6 Å². The summed E-state index contributed by atoms with van der Waals surface area (Å²) in [5.74, 6) is -1.36. The van der Waals surface area contributed by atoms with Gasteiger partial charge in [0.15, 0.2) is 22.8 Å². The number of nitrogens with one attached hydrogen (secondary N) is 2. The zero-order valence-electron chi connectivity index (χ0n) is 31.2. The van der Waals surface area contributed by atoms with Gasteiger partial charge in [-0.2, -0.15) is 4.31 Å². The lowest BCUT2D eigenvalue weighted by Crippen LogP contribution is -2.46. The van der Waals surface area contributed by atoms with Gasteiger partial charge in [-0.3, -0.25) is 32.5 Å². The van der Waals surface area contributed by atoms with Crippen molar-refractivity contribution >= 4 is 69.1 Å². The Bertz CT molecular complexity index is 1960. The summed E-state index contributed by atoms with van der Waals surface area (Å²) >= 11 is 0.919. The monoisotopic (exact) mass is 905 g/mol. The second-order valence-corrected chi connectivity index (χ2v) is 18.4. The molecule has 58 heavy (non-hydrogen) atoms.